The van der Waals surface area contributed by atoms with Gasteiger partial charge in [0.2, 0.25) is 6.29 Å². The molecule has 0 amide bonds. The number of aliphatic hydroxyl groups excluding tert-OH is 15. The lowest BCUT2D eigenvalue weighted by molar-refractivity contribution is -0.382. The van der Waals surface area contributed by atoms with Crippen molar-refractivity contribution < 1.29 is 129 Å². The predicted molar refractivity (Wildman–Crippen MR) is 283 cm³/mol. The van der Waals surface area contributed by atoms with Gasteiger partial charge in [-0.1, -0.05) is 58.4 Å². The molecule has 84 heavy (non-hydrogen) atoms. The highest BCUT2D eigenvalue weighted by atomic mass is 16.8. The topological polar surface area (TPSA) is 413 Å². The Morgan fingerprint density at radius 3 is 1.83 bits per heavy atom. The third-order valence-corrected chi connectivity index (χ3v) is 22.5. The van der Waals surface area contributed by atoms with Crippen LogP contribution in [-0.4, -0.2) is 263 Å². The van der Waals surface area contributed by atoms with Gasteiger partial charge in [-0.05, 0) is 105 Å². The van der Waals surface area contributed by atoms with E-state index >= 15 is 4.79 Å². The highest BCUT2D eigenvalue weighted by molar-refractivity contribution is 5.79. The van der Waals surface area contributed by atoms with Crippen molar-refractivity contribution >= 4 is 5.97 Å². The van der Waals surface area contributed by atoms with E-state index in [0.717, 1.165) is 31.3 Å². The lowest BCUT2D eigenvalue weighted by Crippen LogP contribution is -2.66. The van der Waals surface area contributed by atoms with Crippen LogP contribution < -0.4 is 0 Å². The van der Waals surface area contributed by atoms with E-state index in [-0.39, 0.29) is 40.6 Å². The van der Waals surface area contributed by atoms with Crippen LogP contribution >= 0.6 is 0 Å². The summed E-state index contributed by atoms with van der Waals surface area (Å²) >= 11 is 0. The van der Waals surface area contributed by atoms with Gasteiger partial charge >= 0.3 is 5.97 Å². The molecule has 10 aliphatic rings. The van der Waals surface area contributed by atoms with Crippen molar-refractivity contribution in [1.29, 1.82) is 0 Å². The molecule has 480 valence electrons. The molecule has 26 heteroatoms. The minimum absolute atomic E-state index is 0.111. The van der Waals surface area contributed by atoms with Crippen LogP contribution in [0.15, 0.2) is 23.8 Å². The van der Waals surface area contributed by atoms with E-state index in [1.807, 2.05) is 0 Å². The number of aliphatic hydroxyl groups is 15. The monoisotopic (exact) mass is 1200 g/mol. The van der Waals surface area contributed by atoms with Gasteiger partial charge in [-0.25, -0.2) is 0 Å². The zero-order valence-electron chi connectivity index (χ0n) is 48.5. The molecule has 0 aromatic heterocycles. The molecule has 32 atom stereocenters. The quantitative estimate of drug-likeness (QED) is 0.0496. The molecule has 0 aromatic carbocycles. The Morgan fingerprint density at radius 1 is 0.595 bits per heavy atom. The van der Waals surface area contributed by atoms with Crippen LogP contribution in [0, 0.1) is 44.8 Å². The lowest BCUT2D eigenvalue weighted by Gasteiger charge is -2.71. The number of carbonyl (C=O) groups is 1. The molecule has 4 saturated carbocycles. The van der Waals surface area contributed by atoms with Crippen molar-refractivity contribution in [3.8, 4) is 0 Å². The molecule has 0 bridgehead atoms. The molecular weight excluding hydrogens is 1110 g/mol. The summed E-state index contributed by atoms with van der Waals surface area (Å²) < 4.78 is 59.5. The number of hydrogen-bond acceptors (Lipinski definition) is 26. The lowest BCUT2D eigenvalue weighted by atomic mass is 9.34. The first-order valence-electron chi connectivity index (χ1n) is 30.0. The minimum Gasteiger partial charge on any atom is -0.432 e. The van der Waals surface area contributed by atoms with Crippen molar-refractivity contribution in [3.05, 3.63) is 23.8 Å². The highest BCUT2D eigenvalue weighted by Crippen LogP contribution is 2.75. The smallest absolute Gasteiger partial charge is 0.315 e. The number of allylic oxidation sites excluding steroid dienone is 3. The fourth-order valence-electron chi connectivity index (χ4n) is 17.1. The van der Waals surface area contributed by atoms with Crippen LogP contribution in [0.4, 0.5) is 0 Å². The number of esters is 1. The Bertz CT molecular complexity index is 2360. The summed E-state index contributed by atoms with van der Waals surface area (Å²) in [6.07, 6.45) is -30.3. The second kappa shape index (κ2) is 24.3. The first kappa shape index (κ1) is 65.0. The zero-order chi connectivity index (χ0) is 61.1. The van der Waals surface area contributed by atoms with Gasteiger partial charge < -0.3 is 124 Å². The summed E-state index contributed by atoms with van der Waals surface area (Å²) in [6.45, 7) is 15.0. The molecule has 0 spiro atoms. The third kappa shape index (κ3) is 10.8. The van der Waals surface area contributed by atoms with Gasteiger partial charge in [-0.2, -0.15) is 0 Å². The Morgan fingerprint density at radius 2 is 1.18 bits per heavy atom. The van der Waals surface area contributed by atoms with Crippen molar-refractivity contribution in [2.45, 2.75) is 259 Å². The summed E-state index contributed by atoms with van der Waals surface area (Å²) in [6, 6.07) is 0. The number of fused-ring (bicyclic) bond motifs is 7. The van der Waals surface area contributed by atoms with Crippen molar-refractivity contribution in [1.82, 2.24) is 0 Å². The van der Waals surface area contributed by atoms with E-state index in [2.05, 4.69) is 47.3 Å². The van der Waals surface area contributed by atoms with Crippen molar-refractivity contribution in [2.24, 2.45) is 44.8 Å². The van der Waals surface area contributed by atoms with Crippen molar-refractivity contribution in [3.63, 3.8) is 0 Å². The summed E-state index contributed by atoms with van der Waals surface area (Å²) in [4.78, 5) is 15.0. The van der Waals surface area contributed by atoms with Crippen LogP contribution in [-0.2, 0) is 52.2 Å². The zero-order valence-corrected chi connectivity index (χ0v) is 48.5. The van der Waals surface area contributed by atoms with E-state index in [4.69, 9.17) is 47.4 Å². The van der Waals surface area contributed by atoms with E-state index in [1.54, 1.807) is 0 Å². The summed E-state index contributed by atoms with van der Waals surface area (Å²) in [5.74, 6) is -0.641. The Balaban J connectivity index is 0.830. The van der Waals surface area contributed by atoms with Crippen LogP contribution in [0.1, 0.15) is 106 Å². The Hall–Kier alpha value is -2.01. The van der Waals surface area contributed by atoms with Crippen LogP contribution in [0.25, 0.3) is 0 Å². The standard InChI is InChI=1S/C58H92O26/c1-23-10-15-58(53(74)84-50-44(72)41(69)38(66)30(80-50)22-76-48-42(70)39(67)36(64)28(19-59)78-48)17-16-56(6)25(26(58)18-23)8-9-32-55(5)13-12-33(54(3,4)31(55)11-14-57(32,56)7)81-52-47(35(63)27(61)21-75-52)83-51-45(73)46(34(62)24(2)77-51)82-49-43(71)40(68)37(65)29(20-60)79-49/h8,24,26-52,59-73H,1,9-22H2,2-7H3. The molecule has 5 aliphatic carbocycles. The van der Waals surface area contributed by atoms with E-state index < -0.39 is 190 Å². The minimum atomic E-state index is -1.86. The molecule has 26 nitrogen and oxygen atoms in total. The maximum Gasteiger partial charge on any atom is 0.315 e. The molecular formula is C58H92O26. The maximum absolute atomic E-state index is 15.0. The molecule has 9 fully saturated rings. The molecule has 5 aliphatic heterocycles. The Labute approximate surface area is 487 Å². The average molecular weight is 1210 g/mol. The molecule has 0 aromatic rings. The molecule has 32 unspecified atom stereocenters. The van der Waals surface area contributed by atoms with Gasteiger partial charge in [0.25, 0.3) is 0 Å². The van der Waals surface area contributed by atoms with Gasteiger partial charge in [0, 0.05) is 5.92 Å². The Kier molecular flexibility index (Phi) is 18.8. The summed E-state index contributed by atoms with van der Waals surface area (Å²) in [5, 5.41) is 160. The van der Waals surface area contributed by atoms with Gasteiger partial charge in [0.05, 0.1) is 44.1 Å². The van der Waals surface area contributed by atoms with E-state index in [1.165, 1.54) is 12.5 Å². The molecule has 15 N–H and O–H groups in total. The molecule has 10 rings (SSSR count). The normalized spacial score (nSPS) is 54.0. The second-order valence-corrected chi connectivity index (χ2v) is 27.2. The fourth-order valence-corrected chi connectivity index (χ4v) is 17.1. The summed E-state index contributed by atoms with van der Waals surface area (Å²) in [5.41, 5.74) is -0.259. The van der Waals surface area contributed by atoms with E-state index in [9.17, 15) is 76.6 Å². The van der Waals surface area contributed by atoms with Gasteiger partial charge in [0.15, 0.2) is 25.2 Å². The largest absolute Gasteiger partial charge is 0.432 e. The third-order valence-electron chi connectivity index (χ3n) is 22.5. The fraction of sp³-hybridized carbons (Fsp3) is 0.914. The first-order valence-corrected chi connectivity index (χ1v) is 30.0. The number of rotatable bonds is 13. The highest BCUT2D eigenvalue weighted by Gasteiger charge is 2.70. The van der Waals surface area contributed by atoms with Crippen LogP contribution in [0.3, 0.4) is 0 Å². The summed E-state index contributed by atoms with van der Waals surface area (Å²) in [7, 11) is 0. The molecule has 0 radical (unpaired) electrons. The first-order chi connectivity index (χ1) is 39.5. The second-order valence-electron chi connectivity index (χ2n) is 27.2. The van der Waals surface area contributed by atoms with Gasteiger partial charge in [-0.15, -0.1) is 0 Å². The van der Waals surface area contributed by atoms with Crippen LogP contribution in [0.2, 0.25) is 0 Å². The van der Waals surface area contributed by atoms with Crippen LogP contribution in [0.5, 0.6) is 0 Å². The van der Waals surface area contributed by atoms with Crippen molar-refractivity contribution in [2.75, 3.05) is 26.4 Å². The van der Waals surface area contributed by atoms with Gasteiger partial charge in [0.1, 0.15) is 110 Å². The predicted octanol–water partition coefficient (Wildman–Crippen LogP) is -3.01. The average Bonchev–Trinajstić information content (AvgIpc) is 0.762. The molecule has 5 saturated heterocycles. The number of ether oxygens (including phenoxy) is 10. The SMILES string of the molecule is C=C1CCC2(C(=O)OC3OC(COC4OC(CO)C(O)C(O)C4O)C(O)C(O)C3O)CCC3(C)C(=CCC4C5(C)CCC(OC6OCC(O)C(O)C6OC6OC(C)C(O)C(OC7OC(CO)C(O)C(O)C7O)C6O)C(C)(C)C5CCC43C)C2C1. The van der Waals surface area contributed by atoms with E-state index in [0.29, 0.717) is 38.5 Å². The van der Waals surface area contributed by atoms with Gasteiger partial charge in [-0.3, -0.25) is 4.79 Å². The molecule has 5 heterocycles. The maximum atomic E-state index is 15.0. The number of hydrogen-bond donors (Lipinski definition) is 15. The number of carbonyl (C=O) groups excluding carboxylic acids is 1.